The van der Waals surface area contributed by atoms with E-state index in [2.05, 4.69) is 0 Å². The number of ether oxygens (including phenoxy) is 1. The molecule has 1 aromatic rings. The Balaban J connectivity index is 1.93. The molecule has 23 heavy (non-hydrogen) atoms. The zero-order chi connectivity index (χ0) is 16.8. The van der Waals surface area contributed by atoms with Gasteiger partial charge >= 0.3 is 5.97 Å². The summed E-state index contributed by atoms with van der Waals surface area (Å²) in [6.45, 7) is 0.382. The van der Waals surface area contributed by atoms with Gasteiger partial charge in [0.15, 0.2) is 5.78 Å². The molecule has 124 valence electrons. The smallest absolute Gasteiger partial charge is 0.305 e. The number of carboxylic acid groups (broad SMARTS) is 1. The van der Waals surface area contributed by atoms with Crippen LogP contribution < -0.4 is 0 Å². The highest BCUT2D eigenvalue weighted by Crippen LogP contribution is 2.24. The SMILES string of the molecule is COC1CC(CC(=O)O)N(C(=O)CCC(=O)c2ccccc2)C1. The molecule has 1 aliphatic rings. The number of hydrogen-bond donors (Lipinski definition) is 1. The van der Waals surface area contributed by atoms with Crippen molar-refractivity contribution in [1.29, 1.82) is 0 Å². The van der Waals surface area contributed by atoms with Crippen LogP contribution in [0, 0.1) is 0 Å². The summed E-state index contributed by atoms with van der Waals surface area (Å²) in [5.74, 6) is -1.22. The number of Topliss-reactive ketones (excluding diaryl/α,β-unsaturated/α-hetero) is 1. The Bertz CT molecular complexity index is 572. The molecule has 2 rings (SSSR count). The summed E-state index contributed by atoms with van der Waals surface area (Å²) in [5.41, 5.74) is 0.582. The standard InChI is InChI=1S/C17H21NO5/c1-23-14-9-13(10-17(21)22)18(11-14)16(20)8-7-15(19)12-5-3-2-4-6-12/h2-6,13-14H,7-11H2,1H3,(H,21,22). The van der Waals surface area contributed by atoms with Crippen molar-refractivity contribution in [1.82, 2.24) is 4.90 Å². The van der Waals surface area contributed by atoms with Crippen molar-refractivity contribution < 1.29 is 24.2 Å². The van der Waals surface area contributed by atoms with Gasteiger partial charge in [-0.2, -0.15) is 0 Å². The summed E-state index contributed by atoms with van der Waals surface area (Å²) < 4.78 is 5.24. The van der Waals surface area contributed by atoms with Gasteiger partial charge in [0.1, 0.15) is 0 Å². The number of nitrogens with zero attached hydrogens (tertiary/aromatic N) is 1. The van der Waals surface area contributed by atoms with E-state index in [0.29, 0.717) is 18.5 Å². The summed E-state index contributed by atoms with van der Waals surface area (Å²) in [6.07, 6.45) is 0.476. The predicted octanol–water partition coefficient (Wildman–Crippen LogP) is 1.74. The molecule has 1 saturated heterocycles. The van der Waals surface area contributed by atoms with Gasteiger partial charge in [0.2, 0.25) is 5.91 Å². The van der Waals surface area contributed by atoms with E-state index in [0.717, 1.165) is 0 Å². The number of methoxy groups -OCH3 is 1. The minimum absolute atomic E-state index is 0.0836. The Kier molecular flexibility index (Phi) is 5.87. The van der Waals surface area contributed by atoms with Crippen LogP contribution in [-0.4, -0.2) is 53.5 Å². The highest BCUT2D eigenvalue weighted by Gasteiger charge is 2.36. The van der Waals surface area contributed by atoms with Crippen LogP contribution >= 0.6 is 0 Å². The number of amides is 1. The topological polar surface area (TPSA) is 83.9 Å². The molecule has 0 aromatic heterocycles. The van der Waals surface area contributed by atoms with Crippen LogP contribution in [0.25, 0.3) is 0 Å². The molecule has 0 saturated carbocycles. The van der Waals surface area contributed by atoms with E-state index < -0.39 is 5.97 Å². The van der Waals surface area contributed by atoms with Gasteiger partial charge in [-0.05, 0) is 6.42 Å². The molecule has 2 atom stereocenters. The lowest BCUT2D eigenvalue weighted by Gasteiger charge is -2.23. The summed E-state index contributed by atoms with van der Waals surface area (Å²) in [6, 6.07) is 8.46. The first-order valence-electron chi connectivity index (χ1n) is 7.63. The second-order valence-corrected chi connectivity index (χ2v) is 5.68. The van der Waals surface area contributed by atoms with E-state index in [9.17, 15) is 14.4 Å². The molecule has 2 unspecified atom stereocenters. The van der Waals surface area contributed by atoms with Crippen LogP contribution in [0.15, 0.2) is 30.3 Å². The highest BCUT2D eigenvalue weighted by atomic mass is 16.5. The maximum Gasteiger partial charge on any atom is 0.305 e. The lowest BCUT2D eigenvalue weighted by Crippen LogP contribution is -2.37. The van der Waals surface area contributed by atoms with E-state index in [4.69, 9.17) is 9.84 Å². The number of hydrogen-bond acceptors (Lipinski definition) is 4. The quantitative estimate of drug-likeness (QED) is 0.774. The second-order valence-electron chi connectivity index (χ2n) is 5.68. The molecule has 6 heteroatoms. The number of carbonyl (C=O) groups excluding carboxylic acids is 2. The molecule has 1 amide bonds. The normalized spacial score (nSPS) is 20.5. The van der Waals surface area contributed by atoms with Gasteiger partial charge < -0.3 is 14.7 Å². The zero-order valence-electron chi connectivity index (χ0n) is 13.1. The number of carbonyl (C=O) groups is 3. The number of rotatable bonds is 7. The van der Waals surface area contributed by atoms with Crippen LogP contribution in [0.2, 0.25) is 0 Å². The number of aliphatic carboxylic acids is 1. The fraction of sp³-hybridized carbons (Fsp3) is 0.471. The minimum atomic E-state index is -0.940. The Morgan fingerprint density at radius 3 is 2.52 bits per heavy atom. The van der Waals surface area contributed by atoms with Crippen LogP contribution in [0.5, 0.6) is 0 Å². The molecule has 1 aromatic carbocycles. The first-order chi connectivity index (χ1) is 11.0. The Morgan fingerprint density at radius 2 is 1.91 bits per heavy atom. The molecule has 0 spiro atoms. The van der Waals surface area contributed by atoms with Crippen molar-refractivity contribution in [3.63, 3.8) is 0 Å². The van der Waals surface area contributed by atoms with Gasteiger partial charge in [-0.25, -0.2) is 0 Å². The van der Waals surface area contributed by atoms with E-state index in [-0.39, 0.29) is 43.1 Å². The van der Waals surface area contributed by atoms with Gasteiger partial charge in [-0.15, -0.1) is 0 Å². The molecule has 0 bridgehead atoms. The first-order valence-corrected chi connectivity index (χ1v) is 7.63. The van der Waals surface area contributed by atoms with Crippen molar-refractivity contribution >= 4 is 17.7 Å². The maximum absolute atomic E-state index is 12.4. The largest absolute Gasteiger partial charge is 0.481 e. The predicted molar refractivity (Wildman–Crippen MR) is 83.2 cm³/mol. The summed E-state index contributed by atoms with van der Waals surface area (Å²) in [7, 11) is 1.55. The molecule has 0 aliphatic carbocycles. The highest BCUT2D eigenvalue weighted by molar-refractivity contribution is 5.98. The van der Waals surface area contributed by atoms with Crippen molar-refractivity contribution in [3.05, 3.63) is 35.9 Å². The third-order valence-corrected chi connectivity index (χ3v) is 4.10. The molecule has 1 heterocycles. The average molecular weight is 319 g/mol. The van der Waals surface area contributed by atoms with Crippen LogP contribution in [0.1, 0.15) is 36.0 Å². The van der Waals surface area contributed by atoms with Gasteiger partial charge in [-0.3, -0.25) is 14.4 Å². The fourth-order valence-electron chi connectivity index (χ4n) is 2.88. The Morgan fingerprint density at radius 1 is 1.22 bits per heavy atom. The molecule has 6 nitrogen and oxygen atoms in total. The number of benzene rings is 1. The van der Waals surface area contributed by atoms with Gasteiger partial charge in [0.25, 0.3) is 0 Å². The number of carboxylic acids is 1. The minimum Gasteiger partial charge on any atom is -0.481 e. The first kappa shape index (κ1) is 17.1. The van der Waals surface area contributed by atoms with Crippen molar-refractivity contribution in [2.75, 3.05) is 13.7 Å². The fourth-order valence-corrected chi connectivity index (χ4v) is 2.88. The molecular formula is C17H21NO5. The van der Waals surface area contributed by atoms with E-state index in [1.165, 1.54) is 0 Å². The van der Waals surface area contributed by atoms with Gasteiger partial charge in [-0.1, -0.05) is 30.3 Å². The lowest BCUT2D eigenvalue weighted by molar-refractivity contribution is -0.139. The average Bonchev–Trinajstić information content (AvgIpc) is 2.95. The molecular weight excluding hydrogens is 298 g/mol. The molecule has 1 fully saturated rings. The Labute approximate surface area is 135 Å². The van der Waals surface area contributed by atoms with Crippen LogP contribution in [0.3, 0.4) is 0 Å². The number of likely N-dealkylation sites (tertiary alicyclic amines) is 1. The van der Waals surface area contributed by atoms with Gasteiger partial charge in [0.05, 0.1) is 12.5 Å². The zero-order valence-corrected chi connectivity index (χ0v) is 13.1. The van der Waals surface area contributed by atoms with Crippen LogP contribution in [0.4, 0.5) is 0 Å². The lowest BCUT2D eigenvalue weighted by atomic mass is 10.1. The third-order valence-electron chi connectivity index (χ3n) is 4.10. The molecule has 1 aliphatic heterocycles. The summed E-state index contributed by atoms with van der Waals surface area (Å²) in [5, 5.41) is 8.97. The van der Waals surface area contributed by atoms with Crippen LogP contribution in [-0.2, 0) is 14.3 Å². The Hall–Kier alpha value is -2.21. The van der Waals surface area contributed by atoms with E-state index in [1.807, 2.05) is 6.07 Å². The monoisotopic (exact) mass is 319 g/mol. The van der Waals surface area contributed by atoms with E-state index in [1.54, 1.807) is 36.3 Å². The van der Waals surface area contributed by atoms with Crippen molar-refractivity contribution in [3.8, 4) is 0 Å². The summed E-state index contributed by atoms with van der Waals surface area (Å²) >= 11 is 0. The van der Waals surface area contributed by atoms with Crippen molar-refractivity contribution in [2.45, 2.75) is 37.8 Å². The van der Waals surface area contributed by atoms with Gasteiger partial charge in [0, 0.05) is 38.1 Å². The maximum atomic E-state index is 12.4. The third kappa shape index (κ3) is 4.63. The van der Waals surface area contributed by atoms with E-state index >= 15 is 0 Å². The molecule has 1 N–H and O–H groups in total. The number of ketones is 1. The summed E-state index contributed by atoms with van der Waals surface area (Å²) in [4.78, 5) is 36.9. The van der Waals surface area contributed by atoms with Crippen molar-refractivity contribution in [2.24, 2.45) is 0 Å². The second kappa shape index (κ2) is 7.87. The molecule has 0 radical (unpaired) electrons.